The highest BCUT2D eigenvalue weighted by atomic mass is 16.5. The van der Waals surface area contributed by atoms with Gasteiger partial charge < -0.3 is 20.1 Å². The zero-order chi connectivity index (χ0) is 14.3. The number of methoxy groups -OCH3 is 1. The molecule has 0 aliphatic rings. The minimum atomic E-state index is -0.916. The van der Waals surface area contributed by atoms with Crippen LogP contribution in [0.3, 0.4) is 0 Å². The molecule has 2 N–H and O–H groups in total. The van der Waals surface area contributed by atoms with E-state index in [2.05, 4.69) is 10.1 Å². The molecule has 0 aliphatic carbocycles. The third-order valence-corrected chi connectivity index (χ3v) is 2.35. The van der Waals surface area contributed by atoms with Crippen LogP contribution in [0.2, 0.25) is 0 Å². The molecule has 0 saturated heterocycles. The summed E-state index contributed by atoms with van der Waals surface area (Å²) in [7, 11) is 2.70. The van der Waals surface area contributed by atoms with Gasteiger partial charge in [-0.1, -0.05) is 0 Å². The van der Waals surface area contributed by atoms with Crippen LogP contribution in [-0.4, -0.2) is 54.2 Å². The van der Waals surface area contributed by atoms with E-state index >= 15 is 0 Å². The molecular weight excluding hydrogens is 240 g/mol. The summed E-state index contributed by atoms with van der Waals surface area (Å²) in [6, 6.07) is -0.448. The average Bonchev–Trinajstić information content (AvgIpc) is 2.25. The number of hydrogen-bond acceptors (Lipinski definition) is 4. The molecule has 0 fully saturated rings. The molecule has 0 aromatic heterocycles. The number of likely N-dealkylation sites (N-methyl/N-ethyl adjacent to an activating group) is 1. The first-order valence-electron chi connectivity index (χ1n) is 5.50. The monoisotopic (exact) mass is 260 g/mol. The number of carboxylic acid groups (broad SMARTS) is 1. The summed E-state index contributed by atoms with van der Waals surface area (Å²) in [5.41, 5.74) is -0.653. The molecule has 7 nitrogen and oxygen atoms in total. The first kappa shape index (κ1) is 16.2. The van der Waals surface area contributed by atoms with E-state index in [0.29, 0.717) is 6.42 Å². The number of ether oxygens (including phenoxy) is 1. The van der Waals surface area contributed by atoms with Crippen LogP contribution in [0, 0.1) is 0 Å². The van der Waals surface area contributed by atoms with E-state index in [0.717, 1.165) is 0 Å². The number of carbonyl (C=O) groups is 3. The fourth-order valence-corrected chi connectivity index (χ4v) is 1.20. The molecule has 0 aromatic carbocycles. The zero-order valence-corrected chi connectivity index (χ0v) is 11.1. The molecule has 104 valence electrons. The summed E-state index contributed by atoms with van der Waals surface area (Å²) in [6.45, 7) is 3.29. The second kappa shape index (κ2) is 6.83. The molecule has 0 saturated carbocycles. The molecule has 2 amide bonds. The van der Waals surface area contributed by atoms with Crippen LogP contribution < -0.4 is 5.32 Å². The molecule has 0 bridgehead atoms. The number of esters is 1. The predicted octanol–water partition coefficient (Wildman–Crippen LogP) is 0.444. The third-order valence-electron chi connectivity index (χ3n) is 2.35. The number of carboxylic acids is 1. The van der Waals surface area contributed by atoms with Crippen molar-refractivity contribution in [2.24, 2.45) is 0 Å². The highest BCUT2D eigenvalue weighted by Crippen LogP contribution is 2.11. The van der Waals surface area contributed by atoms with Gasteiger partial charge in [0.15, 0.2) is 0 Å². The van der Waals surface area contributed by atoms with Crippen LogP contribution in [0.5, 0.6) is 0 Å². The third kappa shape index (κ3) is 6.72. The number of amides is 2. The van der Waals surface area contributed by atoms with Crippen LogP contribution in [0.25, 0.3) is 0 Å². The van der Waals surface area contributed by atoms with Crippen molar-refractivity contribution in [1.29, 1.82) is 0 Å². The number of carbonyl (C=O) groups excluding carboxylic acids is 2. The highest BCUT2D eigenvalue weighted by molar-refractivity contribution is 5.81. The van der Waals surface area contributed by atoms with Crippen LogP contribution >= 0.6 is 0 Å². The normalized spacial score (nSPS) is 10.7. The van der Waals surface area contributed by atoms with E-state index in [9.17, 15) is 14.4 Å². The van der Waals surface area contributed by atoms with Crippen molar-refractivity contribution in [3.05, 3.63) is 0 Å². The van der Waals surface area contributed by atoms with Crippen LogP contribution in [0.15, 0.2) is 0 Å². The maximum absolute atomic E-state index is 11.7. The summed E-state index contributed by atoms with van der Waals surface area (Å²) < 4.78 is 4.44. The Bertz CT molecular complexity index is 327. The number of aliphatic carboxylic acids is 1. The number of rotatable bonds is 6. The Morgan fingerprint density at radius 2 is 1.89 bits per heavy atom. The quantitative estimate of drug-likeness (QED) is 0.676. The second-order valence-electron chi connectivity index (χ2n) is 4.64. The predicted molar refractivity (Wildman–Crippen MR) is 64.1 cm³/mol. The first-order valence-corrected chi connectivity index (χ1v) is 5.50. The van der Waals surface area contributed by atoms with Gasteiger partial charge >= 0.3 is 18.0 Å². The Kier molecular flexibility index (Phi) is 6.15. The smallest absolute Gasteiger partial charge is 0.325 e. The van der Waals surface area contributed by atoms with Crippen molar-refractivity contribution in [2.45, 2.75) is 32.2 Å². The molecule has 0 spiro atoms. The van der Waals surface area contributed by atoms with Gasteiger partial charge in [0.2, 0.25) is 0 Å². The van der Waals surface area contributed by atoms with Gasteiger partial charge in [-0.25, -0.2) is 4.79 Å². The highest BCUT2D eigenvalue weighted by Gasteiger charge is 2.24. The van der Waals surface area contributed by atoms with Crippen molar-refractivity contribution < 1.29 is 24.2 Å². The van der Waals surface area contributed by atoms with Gasteiger partial charge in [-0.05, 0) is 20.3 Å². The SMILES string of the molecule is COC(=O)CN(C)C(=O)NC(C)(C)CCC(=O)O. The molecule has 0 rings (SSSR count). The van der Waals surface area contributed by atoms with Crippen molar-refractivity contribution >= 4 is 18.0 Å². The minimum Gasteiger partial charge on any atom is -0.481 e. The Morgan fingerprint density at radius 3 is 2.33 bits per heavy atom. The van der Waals surface area contributed by atoms with E-state index in [1.54, 1.807) is 13.8 Å². The number of urea groups is 1. The van der Waals surface area contributed by atoms with E-state index in [-0.39, 0.29) is 13.0 Å². The molecule has 0 radical (unpaired) electrons. The fourth-order valence-electron chi connectivity index (χ4n) is 1.20. The number of hydrogen-bond donors (Lipinski definition) is 2. The Balaban J connectivity index is 4.27. The lowest BCUT2D eigenvalue weighted by Gasteiger charge is -2.28. The van der Waals surface area contributed by atoms with Crippen molar-refractivity contribution in [3.63, 3.8) is 0 Å². The standard InChI is InChI=1S/C11H20N2O5/c1-11(2,6-5-8(14)15)12-10(17)13(3)7-9(16)18-4/h5-7H2,1-4H3,(H,12,17)(H,14,15). The molecule has 18 heavy (non-hydrogen) atoms. The van der Waals surface area contributed by atoms with Crippen LogP contribution in [-0.2, 0) is 14.3 Å². The van der Waals surface area contributed by atoms with Gasteiger partial charge in [-0.2, -0.15) is 0 Å². The van der Waals surface area contributed by atoms with Gasteiger partial charge in [0.1, 0.15) is 6.54 Å². The molecule has 0 unspecified atom stereocenters. The Hall–Kier alpha value is -1.79. The van der Waals surface area contributed by atoms with Gasteiger partial charge in [-0.15, -0.1) is 0 Å². The number of nitrogens with one attached hydrogen (secondary N) is 1. The van der Waals surface area contributed by atoms with Crippen molar-refractivity contribution in [3.8, 4) is 0 Å². The first-order chi connectivity index (χ1) is 8.18. The molecule has 7 heteroatoms. The summed E-state index contributed by atoms with van der Waals surface area (Å²) in [5, 5.41) is 11.2. The van der Waals surface area contributed by atoms with E-state index in [1.165, 1.54) is 19.1 Å². The Labute approximate surface area is 106 Å². The Morgan fingerprint density at radius 1 is 1.33 bits per heavy atom. The van der Waals surface area contributed by atoms with Crippen molar-refractivity contribution in [1.82, 2.24) is 10.2 Å². The van der Waals surface area contributed by atoms with E-state index < -0.39 is 23.5 Å². The van der Waals surface area contributed by atoms with Crippen LogP contribution in [0.4, 0.5) is 4.79 Å². The van der Waals surface area contributed by atoms with Crippen molar-refractivity contribution in [2.75, 3.05) is 20.7 Å². The summed E-state index contributed by atoms with van der Waals surface area (Å²) in [4.78, 5) is 34.3. The number of nitrogens with zero attached hydrogens (tertiary/aromatic N) is 1. The zero-order valence-electron chi connectivity index (χ0n) is 11.1. The summed E-state index contributed by atoms with van der Waals surface area (Å²) in [6.07, 6.45) is 0.272. The van der Waals surface area contributed by atoms with Gasteiger partial charge in [0.25, 0.3) is 0 Å². The van der Waals surface area contributed by atoms with Gasteiger partial charge in [-0.3, -0.25) is 9.59 Å². The van der Waals surface area contributed by atoms with Gasteiger partial charge in [0, 0.05) is 19.0 Å². The summed E-state index contributed by atoms with van der Waals surface area (Å²) >= 11 is 0. The lowest BCUT2D eigenvalue weighted by Crippen LogP contribution is -2.50. The van der Waals surface area contributed by atoms with E-state index in [4.69, 9.17) is 5.11 Å². The van der Waals surface area contributed by atoms with E-state index in [1.807, 2.05) is 0 Å². The van der Waals surface area contributed by atoms with Gasteiger partial charge in [0.05, 0.1) is 7.11 Å². The molecule has 0 heterocycles. The molecule has 0 atom stereocenters. The van der Waals surface area contributed by atoms with Crippen LogP contribution in [0.1, 0.15) is 26.7 Å². The summed E-state index contributed by atoms with van der Waals surface area (Å²) in [5.74, 6) is -1.43. The molecular formula is C11H20N2O5. The molecule has 0 aromatic rings. The second-order valence-corrected chi connectivity index (χ2v) is 4.64. The topological polar surface area (TPSA) is 95.9 Å². The maximum atomic E-state index is 11.7. The largest absolute Gasteiger partial charge is 0.481 e. The fraction of sp³-hybridized carbons (Fsp3) is 0.727. The lowest BCUT2D eigenvalue weighted by atomic mass is 9.99. The molecule has 0 aliphatic heterocycles. The lowest BCUT2D eigenvalue weighted by molar-refractivity contribution is -0.141. The average molecular weight is 260 g/mol. The maximum Gasteiger partial charge on any atom is 0.325 e. The minimum absolute atomic E-state index is 0.0337.